The summed E-state index contributed by atoms with van der Waals surface area (Å²) in [6, 6.07) is 7.96. The van der Waals surface area contributed by atoms with Crippen LogP contribution in [0.15, 0.2) is 35.1 Å². The molecule has 17 heavy (non-hydrogen) atoms. The summed E-state index contributed by atoms with van der Waals surface area (Å²) >= 11 is 3.39. The number of aromatic nitrogens is 2. The van der Waals surface area contributed by atoms with Gasteiger partial charge >= 0.3 is 0 Å². The molecular formula is C13H12BrN3. The van der Waals surface area contributed by atoms with Crippen LogP contribution in [-0.4, -0.2) is 9.78 Å². The molecule has 0 radical (unpaired) electrons. The molecule has 1 aromatic heterocycles. The van der Waals surface area contributed by atoms with Crippen molar-refractivity contribution in [1.82, 2.24) is 9.78 Å². The zero-order valence-corrected chi connectivity index (χ0v) is 11.1. The molecule has 0 aliphatic rings. The molecule has 2 aromatic rings. The number of nitrogens with zero attached hydrogens (tertiary/aromatic N) is 3. The Morgan fingerprint density at radius 2 is 2.29 bits per heavy atom. The van der Waals surface area contributed by atoms with E-state index < -0.39 is 0 Å². The van der Waals surface area contributed by atoms with E-state index in [1.807, 2.05) is 29.1 Å². The zero-order valence-electron chi connectivity index (χ0n) is 9.52. The Morgan fingerprint density at radius 1 is 1.47 bits per heavy atom. The third kappa shape index (κ3) is 2.40. The zero-order chi connectivity index (χ0) is 12.3. The van der Waals surface area contributed by atoms with Crippen molar-refractivity contribution in [3.8, 4) is 17.2 Å². The Labute approximate surface area is 109 Å². The van der Waals surface area contributed by atoms with Gasteiger partial charge in [-0.05, 0) is 28.4 Å². The highest BCUT2D eigenvalue weighted by Crippen LogP contribution is 2.28. The summed E-state index contributed by atoms with van der Waals surface area (Å²) in [5.41, 5.74) is 2.56. The van der Waals surface area contributed by atoms with E-state index in [9.17, 15) is 0 Å². The highest BCUT2D eigenvalue weighted by atomic mass is 79.9. The lowest BCUT2D eigenvalue weighted by molar-refractivity contribution is 0.603. The molecule has 0 fully saturated rings. The van der Waals surface area contributed by atoms with Gasteiger partial charge in [0.05, 0.1) is 11.8 Å². The fourth-order valence-corrected chi connectivity index (χ4v) is 2.19. The molecule has 0 saturated carbocycles. The predicted octanol–water partition coefficient (Wildman–Crippen LogP) is 3.59. The van der Waals surface area contributed by atoms with Crippen LogP contribution < -0.4 is 0 Å². The van der Waals surface area contributed by atoms with Gasteiger partial charge in [-0.15, -0.1) is 0 Å². The minimum Gasteiger partial charge on any atom is -0.272 e. The summed E-state index contributed by atoms with van der Waals surface area (Å²) in [6.07, 6.45) is 4.83. The van der Waals surface area contributed by atoms with E-state index in [-0.39, 0.29) is 0 Å². The second-order valence-electron chi connectivity index (χ2n) is 3.77. The topological polar surface area (TPSA) is 41.6 Å². The Morgan fingerprint density at radius 3 is 3.00 bits per heavy atom. The molecule has 0 atom stereocenters. The van der Waals surface area contributed by atoms with Crippen LogP contribution in [-0.2, 0) is 6.54 Å². The summed E-state index contributed by atoms with van der Waals surface area (Å²) in [7, 11) is 0. The second kappa shape index (κ2) is 5.15. The molecule has 2 rings (SSSR count). The van der Waals surface area contributed by atoms with Gasteiger partial charge in [0.1, 0.15) is 6.07 Å². The van der Waals surface area contributed by atoms with E-state index in [4.69, 9.17) is 5.26 Å². The molecule has 86 valence electrons. The van der Waals surface area contributed by atoms with Crippen molar-refractivity contribution in [1.29, 1.82) is 5.26 Å². The standard InChI is InChI=1S/C13H12BrN3/c1-2-6-17-9-10(8-16-17)11-4-3-5-13(14)12(11)7-15/h3-5,8-9H,2,6H2,1H3. The maximum absolute atomic E-state index is 9.16. The van der Waals surface area contributed by atoms with Crippen molar-refractivity contribution in [3.05, 3.63) is 40.6 Å². The molecule has 0 unspecified atom stereocenters. The van der Waals surface area contributed by atoms with Gasteiger partial charge in [0.2, 0.25) is 0 Å². The Balaban J connectivity index is 2.46. The van der Waals surface area contributed by atoms with Crippen molar-refractivity contribution in [2.75, 3.05) is 0 Å². The number of aryl methyl sites for hydroxylation is 1. The average Bonchev–Trinajstić information content (AvgIpc) is 2.78. The lowest BCUT2D eigenvalue weighted by Crippen LogP contribution is -1.95. The summed E-state index contributed by atoms with van der Waals surface area (Å²) in [5, 5.41) is 13.4. The van der Waals surface area contributed by atoms with Gasteiger partial charge in [0.15, 0.2) is 0 Å². The van der Waals surface area contributed by atoms with Crippen LogP contribution in [0, 0.1) is 11.3 Å². The third-order valence-electron chi connectivity index (χ3n) is 2.52. The van der Waals surface area contributed by atoms with Crippen molar-refractivity contribution in [2.45, 2.75) is 19.9 Å². The summed E-state index contributed by atoms with van der Waals surface area (Å²) < 4.78 is 2.72. The monoisotopic (exact) mass is 289 g/mol. The molecule has 1 aromatic carbocycles. The maximum atomic E-state index is 9.16. The van der Waals surface area contributed by atoms with Crippen LogP contribution in [0.4, 0.5) is 0 Å². The van der Waals surface area contributed by atoms with E-state index in [0.717, 1.165) is 28.6 Å². The van der Waals surface area contributed by atoms with Crippen molar-refractivity contribution in [2.24, 2.45) is 0 Å². The highest BCUT2D eigenvalue weighted by molar-refractivity contribution is 9.10. The number of rotatable bonds is 3. The number of hydrogen-bond acceptors (Lipinski definition) is 2. The fourth-order valence-electron chi connectivity index (χ4n) is 1.73. The number of hydrogen-bond donors (Lipinski definition) is 0. The Kier molecular flexibility index (Phi) is 3.60. The van der Waals surface area contributed by atoms with Gasteiger partial charge < -0.3 is 0 Å². The molecular weight excluding hydrogens is 278 g/mol. The van der Waals surface area contributed by atoms with Crippen molar-refractivity contribution >= 4 is 15.9 Å². The van der Waals surface area contributed by atoms with Crippen LogP contribution in [0.3, 0.4) is 0 Å². The van der Waals surface area contributed by atoms with Gasteiger partial charge in [-0.25, -0.2) is 0 Å². The first-order valence-electron chi connectivity index (χ1n) is 5.47. The minimum absolute atomic E-state index is 0.656. The first kappa shape index (κ1) is 11.9. The smallest absolute Gasteiger partial charge is 0.101 e. The Hall–Kier alpha value is -1.60. The van der Waals surface area contributed by atoms with Crippen molar-refractivity contribution in [3.63, 3.8) is 0 Å². The number of benzene rings is 1. The largest absolute Gasteiger partial charge is 0.272 e. The molecule has 0 amide bonds. The minimum atomic E-state index is 0.656. The lowest BCUT2D eigenvalue weighted by Gasteiger charge is -2.02. The fraction of sp³-hybridized carbons (Fsp3) is 0.231. The normalized spacial score (nSPS) is 10.2. The van der Waals surface area contributed by atoms with Gasteiger partial charge in [0.25, 0.3) is 0 Å². The SMILES string of the molecule is CCCn1cc(-c2cccc(Br)c2C#N)cn1. The molecule has 0 aliphatic heterocycles. The second-order valence-corrected chi connectivity index (χ2v) is 4.62. The number of halogens is 1. The molecule has 0 aliphatic carbocycles. The van der Waals surface area contributed by atoms with E-state index >= 15 is 0 Å². The molecule has 0 saturated heterocycles. The van der Waals surface area contributed by atoms with Crippen LogP contribution in [0.5, 0.6) is 0 Å². The van der Waals surface area contributed by atoms with E-state index in [1.54, 1.807) is 6.20 Å². The highest BCUT2D eigenvalue weighted by Gasteiger charge is 2.09. The van der Waals surface area contributed by atoms with E-state index in [0.29, 0.717) is 5.56 Å². The van der Waals surface area contributed by atoms with E-state index in [1.165, 1.54) is 0 Å². The molecule has 0 bridgehead atoms. The predicted molar refractivity (Wildman–Crippen MR) is 70.4 cm³/mol. The van der Waals surface area contributed by atoms with Gasteiger partial charge in [0, 0.05) is 28.3 Å². The maximum Gasteiger partial charge on any atom is 0.101 e. The first-order chi connectivity index (χ1) is 8.26. The molecule has 0 spiro atoms. The van der Waals surface area contributed by atoms with Crippen LogP contribution >= 0.6 is 15.9 Å². The molecule has 1 heterocycles. The van der Waals surface area contributed by atoms with Crippen molar-refractivity contribution < 1.29 is 0 Å². The Bertz CT molecular complexity index is 566. The van der Waals surface area contributed by atoms with Crippen LogP contribution in [0.2, 0.25) is 0 Å². The summed E-state index contributed by atoms with van der Waals surface area (Å²) in [4.78, 5) is 0. The van der Waals surface area contributed by atoms with Crippen LogP contribution in [0.25, 0.3) is 11.1 Å². The van der Waals surface area contributed by atoms with Crippen LogP contribution in [0.1, 0.15) is 18.9 Å². The average molecular weight is 290 g/mol. The number of nitriles is 1. The molecule has 0 N–H and O–H groups in total. The molecule has 3 nitrogen and oxygen atoms in total. The lowest BCUT2D eigenvalue weighted by atomic mass is 10.0. The first-order valence-corrected chi connectivity index (χ1v) is 6.27. The quantitative estimate of drug-likeness (QED) is 0.866. The third-order valence-corrected chi connectivity index (χ3v) is 3.18. The van der Waals surface area contributed by atoms with E-state index in [2.05, 4.69) is 34.0 Å². The summed E-state index contributed by atoms with van der Waals surface area (Å²) in [6.45, 7) is 3.01. The van der Waals surface area contributed by atoms with Gasteiger partial charge in [-0.3, -0.25) is 4.68 Å². The summed E-state index contributed by atoms with van der Waals surface area (Å²) in [5.74, 6) is 0. The van der Waals surface area contributed by atoms with Gasteiger partial charge in [-0.1, -0.05) is 19.1 Å². The molecule has 4 heteroatoms. The van der Waals surface area contributed by atoms with Gasteiger partial charge in [-0.2, -0.15) is 10.4 Å².